The fraction of sp³-hybridized carbons (Fsp3) is 0.192. The topological polar surface area (TPSA) is 79.2 Å². The van der Waals surface area contributed by atoms with Gasteiger partial charge in [0.05, 0.1) is 24.7 Å². The van der Waals surface area contributed by atoms with Gasteiger partial charge in [0.1, 0.15) is 0 Å². The molecule has 156 valence electrons. The van der Waals surface area contributed by atoms with Gasteiger partial charge in [-0.15, -0.1) is 0 Å². The first-order valence-corrected chi connectivity index (χ1v) is 10.0. The number of ether oxygens (including phenoxy) is 1. The molecule has 0 fully saturated rings. The molecular formula is C26H24N2O3. The third-order valence-corrected chi connectivity index (χ3v) is 5.23. The first kappa shape index (κ1) is 21.8. The fourth-order valence-electron chi connectivity index (χ4n) is 3.47. The Morgan fingerprint density at radius 2 is 1.65 bits per heavy atom. The normalized spacial score (nSPS) is 12.3. The average molecular weight is 412 g/mol. The quantitative estimate of drug-likeness (QED) is 0.584. The van der Waals surface area contributed by atoms with E-state index in [0.29, 0.717) is 17.5 Å². The average Bonchev–Trinajstić information content (AvgIpc) is 2.82. The maximum atomic E-state index is 12.8. The number of hydrogen-bond acceptors (Lipinski definition) is 4. The summed E-state index contributed by atoms with van der Waals surface area (Å²) in [6.45, 7) is 1.78. The number of rotatable bonds is 7. The van der Waals surface area contributed by atoms with Gasteiger partial charge in [-0.25, -0.2) is 0 Å². The zero-order valence-corrected chi connectivity index (χ0v) is 17.5. The summed E-state index contributed by atoms with van der Waals surface area (Å²) in [7, 11) is 1.33. The van der Waals surface area contributed by atoms with E-state index in [1.165, 1.54) is 7.11 Å². The van der Waals surface area contributed by atoms with E-state index in [4.69, 9.17) is 10.00 Å². The summed E-state index contributed by atoms with van der Waals surface area (Å²) in [5, 5.41) is 12.0. The molecule has 3 aromatic rings. The molecule has 0 aromatic heterocycles. The highest BCUT2D eigenvalue weighted by molar-refractivity contribution is 5.95. The zero-order chi connectivity index (χ0) is 22.2. The van der Waals surface area contributed by atoms with Crippen LogP contribution in [-0.4, -0.2) is 25.0 Å². The van der Waals surface area contributed by atoms with Crippen LogP contribution in [0, 0.1) is 17.2 Å². The van der Waals surface area contributed by atoms with Gasteiger partial charge in [-0.3, -0.25) is 9.59 Å². The number of amides is 1. The van der Waals surface area contributed by atoms with Crippen LogP contribution in [0.25, 0.3) is 11.1 Å². The Labute approximate surface area is 182 Å². The number of carbonyl (C=O) groups excluding carboxylic acids is 2. The number of hydrogen-bond donors (Lipinski definition) is 1. The molecule has 0 radical (unpaired) electrons. The summed E-state index contributed by atoms with van der Waals surface area (Å²) < 4.78 is 4.96. The number of esters is 1. The van der Waals surface area contributed by atoms with E-state index in [1.54, 1.807) is 37.3 Å². The van der Waals surface area contributed by atoms with E-state index in [2.05, 4.69) is 11.4 Å². The van der Waals surface area contributed by atoms with Gasteiger partial charge in [-0.05, 0) is 54.3 Å². The standard InChI is InChI=1S/C26H24N2O3/c1-18(24(26(30)31-2)16-19-7-6-8-20(15-19)17-27)28-25(29)23-13-11-22(12-14-23)21-9-4-3-5-10-21/h3-15,18,24H,16H2,1-2H3,(H,28,29)/t18-,24?/m1/s1. The van der Waals surface area contributed by atoms with Crippen molar-refractivity contribution in [1.29, 1.82) is 5.26 Å². The minimum atomic E-state index is -0.577. The van der Waals surface area contributed by atoms with Crippen molar-refractivity contribution in [2.24, 2.45) is 5.92 Å². The van der Waals surface area contributed by atoms with Crippen LogP contribution in [0.15, 0.2) is 78.9 Å². The first-order valence-electron chi connectivity index (χ1n) is 10.0. The van der Waals surface area contributed by atoms with Crippen LogP contribution in [0.2, 0.25) is 0 Å². The highest BCUT2D eigenvalue weighted by atomic mass is 16.5. The van der Waals surface area contributed by atoms with Crippen molar-refractivity contribution >= 4 is 11.9 Å². The van der Waals surface area contributed by atoms with E-state index >= 15 is 0 Å². The lowest BCUT2D eigenvalue weighted by molar-refractivity contribution is -0.146. The van der Waals surface area contributed by atoms with Crippen LogP contribution in [0.5, 0.6) is 0 Å². The SMILES string of the molecule is COC(=O)C(Cc1cccc(C#N)c1)[C@@H](C)NC(=O)c1ccc(-c2ccccc2)cc1. The van der Waals surface area contributed by atoms with Gasteiger partial charge >= 0.3 is 5.97 Å². The molecule has 0 heterocycles. The van der Waals surface area contributed by atoms with E-state index in [-0.39, 0.29) is 5.91 Å². The first-order chi connectivity index (χ1) is 15.0. The highest BCUT2D eigenvalue weighted by Crippen LogP contribution is 2.20. The van der Waals surface area contributed by atoms with Gasteiger partial charge in [0, 0.05) is 11.6 Å². The molecule has 0 spiro atoms. The summed E-state index contributed by atoms with van der Waals surface area (Å²) in [5.41, 5.74) is 3.98. The monoisotopic (exact) mass is 412 g/mol. The molecule has 3 rings (SSSR count). The Bertz CT molecular complexity index is 1090. The van der Waals surface area contributed by atoms with Crippen LogP contribution in [0.1, 0.15) is 28.4 Å². The van der Waals surface area contributed by atoms with E-state index in [9.17, 15) is 9.59 Å². The second kappa shape index (κ2) is 10.2. The summed E-state index contributed by atoms with van der Waals surface area (Å²) in [6.07, 6.45) is 0.358. The van der Waals surface area contributed by atoms with Crippen LogP contribution < -0.4 is 5.32 Å². The number of nitrogens with zero attached hydrogens (tertiary/aromatic N) is 1. The Kier molecular flexibility index (Phi) is 7.18. The Balaban J connectivity index is 1.71. The Hall–Kier alpha value is -3.91. The van der Waals surface area contributed by atoms with Gasteiger partial charge in [0.15, 0.2) is 0 Å². The summed E-state index contributed by atoms with van der Waals surface area (Å²) in [6, 6.07) is 26.0. The van der Waals surface area contributed by atoms with Crippen LogP contribution in [-0.2, 0) is 16.0 Å². The molecule has 1 unspecified atom stereocenters. The smallest absolute Gasteiger partial charge is 0.311 e. The number of nitrogens with one attached hydrogen (secondary N) is 1. The van der Waals surface area contributed by atoms with E-state index in [1.807, 2.05) is 48.5 Å². The van der Waals surface area contributed by atoms with Crippen molar-refractivity contribution in [1.82, 2.24) is 5.32 Å². The molecule has 3 aromatic carbocycles. The zero-order valence-electron chi connectivity index (χ0n) is 17.5. The molecule has 0 saturated heterocycles. The second-order valence-electron chi connectivity index (χ2n) is 7.35. The highest BCUT2D eigenvalue weighted by Gasteiger charge is 2.28. The van der Waals surface area contributed by atoms with Crippen LogP contribution >= 0.6 is 0 Å². The molecule has 5 nitrogen and oxygen atoms in total. The van der Waals surface area contributed by atoms with Gasteiger partial charge in [-0.2, -0.15) is 5.26 Å². The summed E-state index contributed by atoms with van der Waals surface area (Å²) in [5.74, 6) is -1.24. The Morgan fingerprint density at radius 3 is 2.29 bits per heavy atom. The van der Waals surface area contributed by atoms with E-state index in [0.717, 1.165) is 16.7 Å². The molecule has 0 aliphatic carbocycles. The lowest BCUT2D eigenvalue weighted by Gasteiger charge is -2.23. The predicted octanol–water partition coefficient (Wildman–Crippen LogP) is 4.38. The second-order valence-corrected chi connectivity index (χ2v) is 7.35. The third kappa shape index (κ3) is 5.58. The molecular weight excluding hydrogens is 388 g/mol. The van der Waals surface area contributed by atoms with Gasteiger partial charge < -0.3 is 10.1 Å². The molecule has 0 bridgehead atoms. The number of methoxy groups -OCH3 is 1. The van der Waals surface area contributed by atoms with Crippen LogP contribution in [0.3, 0.4) is 0 Å². The number of carbonyl (C=O) groups is 2. The molecule has 5 heteroatoms. The molecule has 0 aliphatic heterocycles. The lowest BCUT2D eigenvalue weighted by atomic mass is 9.92. The molecule has 1 N–H and O–H groups in total. The summed E-state index contributed by atoms with van der Waals surface area (Å²) in [4.78, 5) is 25.2. The van der Waals surface area contributed by atoms with Crippen molar-refractivity contribution in [3.05, 3.63) is 95.6 Å². The molecule has 31 heavy (non-hydrogen) atoms. The van der Waals surface area contributed by atoms with Crippen molar-refractivity contribution in [3.8, 4) is 17.2 Å². The molecule has 2 atom stereocenters. The maximum Gasteiger partial charge on any atom is 0.311 e. The predicted molar refractivity (Wildman–Crippen MR) is 119 cm³/mol. The molecule has 0 saturated carbocycles. The minimum absolute atomic E-state index is 0.258. The summed E-state index contributed by atoms with van der Waals surface area (Å²) >= 11 is 0. The van der Waals surface area contributed by atoms with Crippen molar-refractivity contribution in [2.75, 3.05) is 7.11 Å². The lowest BCUT2D eigenvalue weighted by Crippen LogP contribution is -2.42. The van der Waals surface area contributed by atoms with Crippen molar-refractivity contribution in [2.45, 2.75) is 19.4 Å². The third-order valence-electron chi connectivity index (χ3n) is 5.23. The molecule has 0 aliphatic rings. The van der Waals surface area contributed by atoms with Gasteiger partial charge in [0.25, 0.3) is 5.91 Å². The van der Waals surface area contributed by atoms with Crippen LogP contribution in [0.4, 0.5) is 0 Å². The van der Waals surface area contributed by atoms with E-state index < -0.39 is 17.9 Å². The molecule has 1 amide bonds. The maximum absolute atomic E-state index is 12.8. The van der Waals surface area contributed by atoms with Crippen molar-refractivity contribution < 1.29 is 14.3 Å². The number of nitriles is 1. The van der Waals surface area contributed by atoms with Gasteiger partial charge in [0.2, 0.25) is 0 Å². The fourth-order valence-corrected chi connectivity index (χ4v) is 3.47. The number of benzene rings is 3. The minimum Gasteiger partial charge on any atom is -0.469 e. The largest absolute Gasteiger partial charge is 0.469 e. The van der Waals surface area contributed by atoms with Crippen molar-refractivity contribution in [3.63, 3.8) is 0 Å². The Morgan fingerprint density at radius 1 is 0.968 bits per heavy atom. The van der Waals surface area contributed by atoms with Gasteiger partial charge in [-0.1, -0.05) is 54.6 Å².